The molecule has 0 aliphatic carbocycles. The summed E-state index contributed by atoms with van der Waals surface area (Å²) in [6, 6.07) is 4.03. The maximum atomic E-state index is 5.94. The van der Waals surface area contributed by atoms with Gasteiger partial charge in [-0.2, -0.15) is 0 Å². The van der Waals surface area contributed by atoms with Crippen molar-refractivity contribution in [3.8, 4) is 0 Å². The molecule has 1 rings (SSSR count). The van der Waals surface area contributed by atoms with Crippen LogP contribution in [0.25, 0.3) is 0 Å². The third kappa shape index (κ3) is 3.49. The fourth-order valence-electron chi connectivity index (χ4n) is 1.64. The van der Waals surface area contributed by atoms with Crippen molar-refractivity contribution in [2.24, 2.45) is 11.7 Å². The Morgan fingerprint density at radius 2 is 2.06 bits per heavy atom. The molecule has 0 aliphatic heterocycles. The second-order valence-corrected chi connectivity index (χ2v) is 4.81. The molecular formula is C13H23N3. The molecule has 0 aliphatic rings. The first kappa shape index (κ1) is 13.0. The van der Waals surface area contributed by atoms with E-state index < -0.39 is 0 Å². The van der Waals surface area contributed by atoms with Crippen LogP contribution in [0, 0.1) is 5.92 Å². The Bertz CT molecular complexity index is 321. The zero-order valence-electron chi connectivity index (χ0n) is 10.8. The van der Waals surface area contributed by atoms with E-state index in [1.54, 1.807) is 0 Å². The summed E-state index contributed by atoms with van der Waals surface area (Å²) in [5.74, 6) is 1.73. The van der Waals surface area contributed by atoms with Crippen LogP contribution in [0.4, 0.5) is 5.82 Å². The Kier molecular flexibility index (Phi) is 4.74. The molecule has 0 radical (unpaired) electrons. The van der Waals surface area contributed by atoms with E-state index in [9.17, 15) is 0 Å². The van der Waals surface area contributed by atoms with Crippen molar-refractivity contribution in [2.75, 3.05) is 18.5 Å². The maximum Gasteiger partial charge on any atom is 0.133 e. The van der Waals surface area contributed by atoms with Crippen LogP contribution >= 0.6 is 0 Å². The number of pyridine rings is 1. The Hall–Kier alpha value is -1.09. The summed E-state index contributed by atoms with van der Waals surface area (Å²) in [5.41, 5.74) is 7.06. The highest BCUT2D eigenvalue weighted by Crippen LogP contribution is 2.21. The lowest BCUT2D eigenvalue weighted by atomic mass is 10.1. The predicted octanol–water partition coefficient (Wildman–Crippen LogP) is 2.58. The van der Waals surface area contributed by atoms with Gasteiger partial charge in [-0.05, 0) is 25.3 Å². The van der Waals surface area contributed by atoms with Crippen molar-refractivity contribution >= 4 is 5.82 Å². The van der Waals surface area contributed by atoms with Crippen molar-refractivity contribution in [1.29, 1.82) is 0 Å². The normalized spacial score (nSPS) is 12.9. The van der Waals surface area contributed by atoms with E-state index in [0.717, 1.165) is 17.9 Å². The van der Waals surface area contributed by atoms with E-state index in [0.29, 0.717) is 5.92 Å². The van der Waals surface area contributed by atoms with Gasteiger partial charge in [0, 0.05) is 31.4 Å². The molecule has 3 nitrogen and oxygen atoms in total. The van der Waals surface area contributed by atoms with Crippen molar-refractivity contribution in [1.82, 2.24) is 4.98 Å². The maximum absolute atomic E-state index is 5.94. The van der Waals surface area contributed by atoms with Gasteiger partial charge in [0.15, 0.2) is 0 Å². The molecule has 90 valence electrons. The van der Waals surface area contributed by atoms with Gasteiger partial charge in [-0.25, -0.2) is 4.98 Å². The van der Waals surface area contributed by atoms with Crippen LogP contribution in [0.1, 0.15) is 38.8 Å². The largest absolute Gasteiger partial charge is 0.359 e. The molecule has 1 aromatic rings. The minimum Gasteiger partial charge on any atom is -0.359 e. The highest BCUT2D eigenvalue weighted by atomic mass is 15.2. The van der Waals surface area contributed by atoms with Gasteiger partial charge in [0.1, 0.15) is 5.82 Å². The Morgan fingerprint density at radius 1 is 1.38 bits per heavy atom. The van der Waals surface area contributed by atoms with Crippen molar-refractivity contribution in [2.45, 2.75) is 33.2 Å². The molecule has 1 heterocycles. The summed E-state index contributed by atoms with van der Waals surface area (Å²) >= 11 is 0. The fraction of sp³-hybridized carbons (Fsp3) is 0.615. The van der Waals surface area contributed by atoms with Gasteiger partial charge < -0.3 is 10.6 Å². The summed E-state index contributed by atoms with van der Waals surface area (Å²) in [7, 11) is 2.08. The standard InChI is InChI=1S/C13H23N3/c1-10(2)7-9-16(4)13-12(11(3)14)6-5-8-15-13/h5-6,8,10-11H,7,9,14H2,1-4H3/t11-/m0/s1. The minimum atomic E-state index is 0.0326. The number of anilines is 1. The molecule has 0 spiro atoms. The molecule has 0 unspecified atom stereocenters. The van der Waals surface area contributed by atoms with E-state index in [1.807, 2.05) is 19.2 Å². The van der Waals surface area contributed by atoms with Gasteiger partial charge in [-0.15, -0.1) is 0 Å². The molecule has 0 saturated carbocycles. The van der Waals surface area contributed by atoms with Crippen LogP contribution in [0.2, 0.25) is 0 Å². The second kappa shape index (κ2) is 5.85. The lowest BCUT2D eigenvalue weighted by Gasteiger charge is -2.23. The molecular weight excluding hydrogens is 198 g/mol. The Labute approximate surface area is 98.7 Å². The highest BCUT2D eigenvalue weighted by Gasteiger charge is 2.11. The van der Waals surface area contributed by atoms with Gasteiger partial charge in [0.25, 0.3) is 0 Å². The van der Waals surface area contributed by atoms with E-state index in [2.05, 4.69) is 36.8 Å². The average molecular weight is 221 g/mol. The summed E-state index contributed by atoms with van der Waals surface area (Å²) in [6.07, 6.45) is 3.00. The van der Waals surface area contributed by atoms with Crippen LogP contribution in [-0.2, 0) is 0 Å². The first-order valence-electron chi connectivity index (χ1n) is 5.94. The Balaban J connectivity index is 2.77. The molecule has 16 heavy (non-hydrogen) atoms. The predicted molar refractivity (Wildman–Crippen MR) is 69.6 cm³/mol. The molecule has 0 fully saturated rings. The molecule has 3 heteroatoms. The number of nitrogens with zero attached hydrogens (tertiary/aromatic N) is 2. The number of aromatic nitrogens is 1. The lowest BCUT2D eigenvalue weighted by molar-refractivity contribution is 0.582. The number of nitrogens with two attached hydrogens (primary N) is 1. The fourth-order valence-corrected chi connectivity index (χ4v) is 1.64. The summed E-state index contributed by atoms with van der Waals surface area (Å²) in [5, 5.41) is 0. The van der Waals surface area contributed by atoms with Crippen LogP contribution in [0.3, 0.4) is 0 Å². The van der Waals surface area contributed by atoms with Gasteiger partial charge in [-0.1, -0.05) is 19.9 Å². The Morgan fingerprint density at radius 3 is 2.62 bits per heavy atom. The lowest BCUT2D eigenvalue weighted by Crippen LogP contribution is -2.23. The van der Waals surface area contributed by atoms with Crippen LogP contribution in [0.15, 0.2) is 18.3 Å². The third-order valence-corrected chi connectivity index (χ3v) is 2.71. The molecule has 0 amide bonds. The van der Waals surface area contributed by atoms with Gasteiger partial charge in [-0.3, -0.25) is 0 Å². The minimum absolute atomic E-state index is 0.0326. The van der Waals surface area contributed by atoms with Crippen molar-refractivity contribution < 1.29 is 0 Å². The van der Waals surface area contributed by atoms with Crippen molar-refractivity contribution in [3.05, 3.63) is 23.9 Å². The van der Waals surface area contributed by atoms with E-state index in [1.165, 1.54) is 6.42 Å². The van der Waals surface area contributed by atoms with E-state index in [-0.39, 0.29) is 6.04 Å². The first-order valence-corrected chi connectivity index (χ1v) is 5.94. The third-order valence-electron chi connectivity index (χ3n) is 2.71. The molecule has 1 aromatic heterocycles. The highest BCUT2D eigenvalue weighted by molar-refractivity contribution is 5.47. The number of hydrogen-bond acceptors (Lipinski definition) is 3. The molecule has 0 bridgehead atoms. The first-order chi connectivity index (χ1) is 7.52. The van der Waals surface area contributed by atoms with Crippen LogP contribution in [0.5, 0.6) is 0 Å². The van der Waals surface area contributed by atoms with Crippen LogP contribution < -0.4 is 10.6 Å². The number of rotatable bonds is 5. The number of hydrogen-bond donors (Lipinski definition) is 1. The van der Waals surface area contributed by atoms with Gasteiger partial charge in [0.2, 0.25) is 0 Å². The average Bonchev–Trinajstić information content (AvgIpc) is 2.25. The topological polar surface area (TPSA) is 42.2 Å². The monoisotopic (exact) mass is 221 g/mol. The molecule has 2 N–H and O–H groups in total. The van der Waals surface area contributed by atoms with Crippen molar-refractivity contribution in [3.63, 3.8) is 0 Å². The second-order valence-electron chi connectivity index (χ2n) is 4.81. The summed E-state index contributed by atoms with van der Waals surface area (Å²) in [4.78, 5) is 6.62. The summed E-state index contributed by atoms with van der Waals surface area (Å²) < 4.78 is 0. The summed E-state index contributed by atoms with van der Waals surface area (Å²) in [6.45, 7) is 7.49. The van der Waals surface area contributed by atoms with Gasteiger partial charge in [0.05, 0.1) is 0 Å². The quantitative estimate of drug-likeness (QED) is 0.831. The van der Waals surface area contributed by atoms with E-state index >= 15 is 0 Å². The zero-order valence-corrected chi connectivity index (χ0v) is 10.8. The smallest absolute Gasteiger partial charge is 0.133 e. The van der Waals surface area contributed by atoms with E-state index in [4.69, 9.17) is 5.73 Å². The van der Waals surface area contributed by atoms with Gasteiger partial charge >= 0.3 is 0 Å². The molecule has 1 atom stereocenters. The zero-order chi connectivity index (χ0) is 12.1. The molecule has 0 saturated heterocycles. The van der Waals surface area contributed by atoms with Crippen LogP contribution in [-0.4, -0.2) is 18.6 Å². The molecule has 0 aromatic carbocycles. The SMILES string of the molecule is CC(C)CCN(C)c1ncccc1[C@H](C)N.